The number of nitrogens with zero attached hydrogens (tertiary/aromatic N) is 2. The molecule has 0 radical (unpaired) electrons. The van der Waals surface area contributed by atoms with Crippen LogP contribution in [0.2, 0.25) is 0 Å². The van der Waals surface area contributed by atoms with E-state index in [1.165, 1.54) is 11.2 Å². The van der Waals surface area contributed by atoms with Crippen molar-refractivity contribution < 1.29 is 29.1 Å². The minimum atomic E-state index is -1.38. The van der Waals surface area contributed by atoms with Crippen LogP contribution >= 0.6 is 0 Å². The summed E-state index contributed by atoms with van der Waals surface area (Å²) in [6.45, 7) is 3.53. The van der Waals surface area contributed by atoms with E-state index in [9.17, 15) is 29.1 Å². The lowest BCUT2D eigenvalue weighted by Gasteiger charge is -2.28. The molecule has 13 nitrogen and oxygen atoms in total. The molecule has 1 aromatic rings. The molecule has 13 heteroatoms. The van der Waals surface area contributed by atoms with E-state index in [2.05, 4.69) is 20.6 Å². The second-order valence-electron chi connectivity index (χ2n) is 8.38. The molecule has 0 bridgehead atoms. The van der Waals surface area contributed by atoms with Crippen molar-refractivity contribution in [2.45, 2.75) is 63.7 Å². The molecule has 4 unspecified atom stereocenters. The van der Waals surface area contributed by atoms with Crippen LogP contribution in [0.25, 0.3) is 0 Å². The summed E-state index contributed by atoms with van der Waals surface area (Å²) in [4.78, 5) is 69.4. The first-order valence-electron chi connectivity index (χ1n) is 10.7. The minimum absolute atomic E-state index is 0.210. The number of aromatic amines is 1. The number of carboxylic acid groups (broad SMARTS) is 1. The van der Waals surface area contributed by atoms with Crippen molar-refractivity contribution >= 4 is 29.6 Å². The SMILES string of the molecule is CC(C)C(NC(=O)C(CC(N)=O)NC(=O)C1CCCN1C(=O)C(N)Cc1cnc[nH]1)C(=O)O. The predicted octanol–water partition coefficient (Wildman–Crippen LogP) is -2.14. The first kappa shape index (κ1) is 25.8. The highest BCUT2D eigenvalue weighted by molar-refractivity contribution is 5.96. The van der Waals surface area contributed by atoms with E-state index >= 15 is 0 Å². The minimum Gasteiger partial charge on any atom is -0.480 e. The van der Waals surface area contributed by atoms with Crippen LogP contribution in [0.15, 0.2) is 12.5 Å². The zero-order valence-electron chi connectivity index (χ0n) is 18.6. The maximum atomic E-state index is 12.9. The molecule has 1 saturated heterocycles. The van der Waals surface area contributed by atoms with Gasteiger partial charge in [-0.1, -0.05) is 13.8 Å². The fourth-order valence-electron chi connectivity index (χ4n) is 3.68. The van der Waals surface area contributed by atoms with Gasteiger partial charge < -0.3 is 37.1 Å². The molecule has 1 aliphatic heterocycles. The lowest BCUT2D eigenvalue weighted by Crippen LogP contribution is -2.58. The summed E-state index contributed by atoms with van der Waals surface area (Å²) in [7, 11) is 0. The number of likely N-dealkylation sites (tertiary alicyclic amines) is 1. The molecule has 8 N–H and O–H groups in total. The normalized spacial score (nSPS) is 18.4. The molecule has 182 valence electrons. The maximum Gasteiger partial charge on any atom is 0.326 e. The molecule has 1 aliphatic rings. The largest absolute Gasteiger partial charge is 0.480 e. The van der Waals surface area contributed by atoms with Gasteiger partial charge in [0.1, 0.15) is 18.1 Å². The number of H-pyrrole nitrogens is 1. The smallest absolute Gasteiger partial charge is 0.326 e. The van der Waals surface area contributed by atoms with E-state index in [0.717, 1.165) is 0 Å². The Morgan fingerprint density at radius 3 is 2.52 bits per heavy atom. The molecule has 2 heterocycles. The van der Waals surface area contributed by atoms with Crippen LogP contribution in [-0.4, -0.2) is 80.3 Å². The third-order valence-corrected chi connectivity index (χ3v) is 5.42. The Kier molecular flexibility index (Phi) is 8.91. The van der Waals surface area contributed by atoms with E-state index in [1.807, 2.05) is 0 Å². The summed E-state index contributed by atoms with van der Waals surface area (Å²) >= 11 is 0. The number of rotatable bonds is 11. The summed E-state index contributed by atoms with van der Waals surface area (Å²) in [6.07, 6.45) is 3.61. The number of aliphatic carboxylic acids is 1. The first-order valence-corrected chi connectivity index (χ1v) is 10.7. The van der Waals surface area contributed by atoms with E-state index in [1.54, 1.807) is 20.0 Å². The third kappa shape index (κ3) is 7.00. The highest BCUT2D eigenvalue weighted by Crippen LogP contribution is 2.19. The van der Waals surface area contributed by atoms with Crippen molar-refractivity contribution in [2.24, 2.45) is 17.4 Å². The molecule has 0 aromatic carbocycles. The number of amides is 4. The highest BCUT2D eigenvalue weighted by Gasteiger charge is 2.38. The van der Waals surface area contributed by atoms with Gasteiger partial charge in [-0.05, 0) is 18.8 Å². The van der Waals surface area contributed by atoms with Crippen LogP contribution in [-0.2, 0) is 30.4 Å². The lowest BCUT2D eigenvalue weighted by atomic mass is 10.0. The summed E-state index contributed by atoms with van der Waals surface area (Å²) in [5.74, 6) is -4.46. The van der Waals surface area contributed by atoms with E-state index in [-0.39, 0.29) is 6.42 Å². The molecule has 0 aliphatic carbocycles. The Morgan fingerprint density at radius 1 is 1.27 bits per heavy atom. The summed E-state index contributed by atoms with van der Waals surface area (Å²) in [5, 5.41) is 14.1. The van der Waals surface area contributed by atoms with Gasteiger partial charge in [-0.2, -0.15) is 0 Å². The van der Waals surface area contributed by atoms with Crippen LogP contribution in [0.5, 0.6) is 0 Å². The zero-order valence-corrected chi connectivity index (χ0v) is 18.6. The number of hydrogen-bond acceptors (Lipinski definition) is 7. The number of hydrogen-bond donors (Lipinski definition) is 6. The van der Waals surface area contributed by atoms with Gasteiger partial charge in [0, 0.05) is 24.9 Å². The Hall–Kier alpha value is -3.48. The van der Waals surface area contributed by atoms with Crippen molar-refractivity contribution in [3.05, 3.63) is 18.2 Å². The van der Waals surface area contributed by atoms with E-state index < -0.39 is 66.1 Å². The molecule has 0 spiro atoms. The van der Waals surface area contributed by atoms with Crippen LogP contribution in [0, 0.1) is 5.92 Å². The van der Waals surface area contributed by atoms with Gasteiger partial charge in [0.25, 0.3) is 0 Å². The van der Waals surface area contributed by atoms with Crippen molar-refractivity contribution in [2.75, 3.05) is 6.54 Å². The van der Waals surface area contributed by atoms with Crippen molar-refractivity contribution in [3.63, 3.8) is 0 Å². The second kappa shape index (κ2) is 11.4. The lowest BCUT2D eigenvalue weighted by molar-refractivity contribution is -0.144. The summed E-state index contributed by atoms with van der Waals surface area (Å²) < 4.78 is 0. The predicted molar refractivity (Wildman–Crippen MR) is 115 cm³/mol. The standard InChI is InChI=1S/C20H31N7O6/c1-10(2)16(20(32)33)26-17(29)13(7-15(22)28)25-18(30)14-4-3-5-27(14)19(31)12(21)6-11-8-23-9-24-11/h8-10,12-14,16H,3-7,21H2,1-2H3,(H2,22,28)(H,23,24)(H,25,30)(H,26,29)(H,32,33). The van der Waals surface area contributed by atoms with Crippen molar-refractivity contribution in [1.29, 1.82) is 0 Å². The van der Waals surface area contributed by atoms with Crippen molar-refractivity contribution in [3.8, 4) is 0 Å². The first-order chi connectivity index (χ1) is 15.5. The van der Waals surface area contributed by atoms with Gasteiger partial charge >= 0.3 is 5.97 Å². The van der Waals surface area contributed by atoms with Gasteiger partial charge in [0.15, 0.2) is 0 Å². The second-order valence-corrected chi connectivity index (χ2v) is 8.38. The number of carbonyl (C=O) groups is 5. The Morgan fingerprint density at radius 2 is 1.97 bits per heavy atom. The molecule has 1 aromatic heterocycles. The van der Waals surface area contributed by atoms with Crippen LogP contribution in [0.3, 0.4) is 0 Å². The molecule has 1 fully saturated rings. The molecule has 4 amide bonds. The van der Waals surface area contributed by atoms with Crippen LogP contribution in [0.4, 0.5) is 0 Å². The Labute approximate surface area is 190 Å². The van der Waals surface area contributed by atoms with E-state index in [0.29, 0.717) is 25.1 Å². The molecule has 4 atom stereocenters. The number of nitrogens with one attached hydrogen (secondary N) is 3. The number of aromatic nitrogens is 2. The average molecular weight is 466 g/mol. The van der Waals surface area contributed by atoms with Crippen molar-refractivity contribution in [1.82, 2.24) is 25.5 Å². The zero-order chi connectivity index (χ0) is 24.7. The monoisotopic (exact) mass is 465 g/mol. The molecule has 0 saturated carbocycles. The molecule has 2 rings (SSSR count). The molecular formula is C20H31N7O6. The number of nitrogens with two attached hydrogens (primary N) is 2. The van der Waals surface area contributed by atoms with E-state index in [4.69, 9.17) is 11.5 Å². The fraction of sp³-hybridized carbons (Fsp3) is 0.600. The average Bonchev–Trinajstić information content (AvgIpc) is 3.41. The van der Waals surface area contributed by atoms with Gasteiger partial charge in [0.05, 0.1) is 18.8 Å². The Bertz CT molecular complexity index is 872. The fourth-order valence-corrected chi connectivity index (χ4v) is 3.68. The van der Waals surface area contributed by atoms with Crippen LogP contribution in [0.1, 0.15) is 38.8 Å². The summed E-state index contributed by atoms with van der Waals surface area (Å²) in [5.41, 5.74) is 11.9. The van der Waals surface area contributed by atoms with Gasteiger partial charge in [-0.25, -0.2) is 9.78 Å². The number of primary amides is 1. The molecular weight excluding hydrogens is 434 g/mol. The third-order valence-electron chi connectivity index (χ3n) is 5.42. The number of carbonyl (C=O) groups excluding carboxylic acids is 4. The van der Waals surface area contributed by atoms with Gasteiger partial charge in [-0.3, -0.25) is 19.2 Å². The number of imidazole rings is 1. The molecule has 33 heavy (non-hydrogen) atoms. The Balaban J connectivity index is 2.08. The quantitative estimate of drug-likeness (QED) is 0.211. The maximum absolute atomic E-state index is 12.9. The highest BCUT2D eigenvalue weighted by atomic mass is 16.4. The van der Waals surface area contributed by atoms with Gasteiger partial charge in [-0.15, -0.1) is 0 Å². The van der Waals surface area contributed by atoms with Gasteiger partial charge in [0.2, 0.25) is 23.6 Å². The number of carboxylic acids is 1. The summed E-state index contributed by atoms with van der Waals surface area (Å²) in [6, 6.07) is -4.37. The van der Waals surface area contributed by atoms with Crippen LogP contribution < -0.4 is 22.1 Å². The topological polar surface area (TPSA) is 214 Å².